The maximum atomic E-state index is 10.9. The Kier molecular flexibility index (Phi) is 2.09. The van der Waals surface area contributed by atoms with Crippen LogP contribution in [-0.4, -0.2) is 40.3 Å². The van der Waals surface area contributed by atoms with Crippen LogP contribution in [0.25, 0.3) is 0 Å². The Bertz CT molecular complexity index is 274. The fourth-order valence-corrected chi connectivity index (χ4v) is 2.25. The van der Waals surface area contributed by atoms with Gasteiger partial charge >= 0.3 is 12.1 Å². The molecule has 2 fully saturated rings. The number of carboxylic acids is 1. The Morgan fingerprint density at radius 1 is 1.14 bits per heavy atom. The van der Waals surface area contributed by atoms with Crippen LogP contribution in [0.5, 0.6) is 0 Å². The zero-order valence-corrected chi connectivity index (χ0v) is 7.72. The largest absolute Gasteiger partial charge is 0.481 e. The van der Waals surface area contributed by atoms with E-state index in [2.05, 4.69) is 0 Å². The lowest BCUT2D eigenvalue weighted by atomic mass is 9.92. The third-order valence-corrected chi connectivity index (χ3v) is 3.18. The first kappa shape index (κ1) is 9.30. The van der Waals surface area contributed by atoms with Gasteiger partial charge in [-0.15, -0.1) is 0 Å². The molecule has 0 spiro atoms. The standard InChI is InChI=1S/C9H13NO4/c11-8(12)7-4-10(9(13)14)3-6(7)5-1-2-5/h5-7H,1-4H2,(H,11,12)(H,13,14)/t6-,7+/m1/s1. The van der Waals surface area contributed by atoms with Crippen LogP contribution in [-0.2, 0) is 4.79 Å². The summed E-state index contributed by atoms with van der Waals surface area (Å²) in [5, 5.41) is 17.7. The summed E-state index contributed by atoms with van der Waals surface area (Å²) in [6, 6.07) is 0. The van der Waals surface area contributed by atoms with Gasteiger partial charge in [0.2, 0.25) is 0 Å². The molecule has 78 valence electrons. The summed E-state index contributed by atoms with van der Waals surface area (Å²) in [7, 11) is 0. The Balaban J connectivity index is 2.07. The maximum absolute atomic E-state index is 10.9. The Hall–Kier alpha value is -1.26. The van der Waals surface area contributed by atoms with E-state index < -0.39 is 18.0 Å². The minimum atomic E-state index is -1.00. The minimum Gasteiger partial charge on any atom is -0.481 e. The third-order valence-electron chi connectivity index (χ3n) is 3.18. The number of hydrogen-bond donors (Lipinski definition) is 2. The van der Waals surface area contributed by atoms with Crippen molar-refractivity contribution in [2.24, 2.45) is 17.8 Å². The summed E-state index contributed by atoms with van der Waals surface area (Å²) >= 11 is 0. The fourth-order valence-electron chi connectivity index (χ4n) is 2.25. The van der Waals surface area contributed by atoms with Gasteiger partial charge in [-0.3, -0.25) is 4.79 Å². The highest BCUT2D eigenvalue weighted by Gasteiger charge is 2.46. The summed E-state index contributed by atoms with van der Waals surface area (Å²) in [6.45, 7) is 0.558. The van der Waals surface area contributed by atoms with Gasteiger partial charge in [-0.25, -0.2) is 4.79 Å². The average molecular weight is 199 g/mol. The molecule has 2 rings (SSSR count). The number of aliphatic carboxylic acids is 1. The van der Waals surface area contributed by atoms with Gasteiger partial charge in [0.05, 0.1) is 5.92 Å². The van der Waals surface area contributed by atoms with Gasteiger partial charge in [-0.2, -0.15) is 0 Å². The monoisotopic (exact) mass is 199 g/mol. The van der Waals surface area contributed by atoms with E-state index in [4.69, 9.17) is 10.2 Å². The van der Waals surface area contributed by atoms with Gasteiger partial charge in [-0.05, 0) is 24.7 Å². The van der Waals surface area contributed by atoms with Crippen LogP contribution in [0.4, 0.5) is 4.79 Å². The van der Waals surface area contributed by atoms with E-state index in [1.54, 1.807) is 0 Å². The molecular formula is C9H13NO4. The van der Waals surface area contributed by atoms with Crippen molar-refractivity contribution in [3.63, 3.8) is 0 Å². The number of hydrogen-bond acceptors (Lipinski definition) is 2. The molecule has 1 aliphatic carbocycles. The van der Waals surface area contributed by atoms with Crippen LogP contribution >= 0.6 is 0 Å². The van der Waals surface area contributed by atoms with E-state index in [1.807, 2.05) is 0 Å². The molecule has 1 heterocycles. The maximum Gasteiger partial charge on any atom is 0.407 e. The molecule has 0 bridgehead atoms. The van der Waals surface area contributed by atoms with Crippen molar-refractivity contribution < 1.29 is 19.8 Å². The molecule has 0 aromatic rings. The van der Waals surface area contributed by atoms with Gasteiger partial charge in [0.15, 0.2) is 0 Å². The average Bonchev–Trinajstić information content (AvgIpc) is 2.83. The van der Waals surface area contributed by atoms with E-state index in [-0.39, 0.29) is 12.5 Å². The molecule has 2 atom stereocenters. The first-order valence-electron chi connectivity index (χ1n) is 4.80. The summed E-state index contributed by atoms with van der Waals surface area (Å²) < 4.78 is 0. The highest BCUT2D eigenvalue weighted by Crippen LogP contribution is 2.43. The molecule has 1 aliphatic heterocycles. The van der Waals surface area contributed by atoms with Crippen LogP contribution in [0.2, 0.25) is 0 Å². The highest BCUT2D eigenvalue weighted by molar-refractivity contribution is 5.74. The molecule has 0 aromatic carbocycles. The molecular weight excluding hydrogens is 186 g/mol. The molecule has 5 heteroatoms. The van der Waals surface area contributed by atoms with Crippen molar-refractivity contribution >= 4 is 12.1 Å². The highest BCUT2D eigenvalue weighted by atomic mass is 16.4. The van der Waals surface area contributed by atoms with Crippen LogP contribution < -0.4 is 0 Å². The minimum absolute atomic E-state index is 0.0450. The fraction of sp³-hybridized carbons (Fsp3) is 0.778. The van der Waals surface area contributed by atoms with E-state index in [0.29, 0.717) is 12.5 Å². The lowest BCUT2D eigenvalue weighted by molar-refractivity contribution is -0.142. The molecule has 1 saturated heterocycles. The molecule has 1 amide bonds. The second kappa shape index (κ2) is 3.15. The van der Waals surface area contributed by atoms with Crippen LogP contribution in [0.3, 0.4) is 0 Å². The van der Waals surface area contributed by atoms with E-state index in [1.165, 1.54) is 4.90 Å². The van der Waals surface area contributed by atoms with E-state index in [9.17, 15) is 9.59 Å². The second-order valence-corrected chi connectivity index (χ2v) is 4.13. The quantitative estimate of drug-likeness (QED) is 0.686. The number of nitrogens with zero attached hydrogens (tertiary/aromatic N) is 1. The predicted molar refractivity (Wildman–Crippen MR) is 46.9 cm³/mol. The van der Waals surface area contributed by atoms with Crippen molar-refractivity contribution in [1.29, 1.82) is 0 Å². The second-order valence-electron chi connectivity index (χ2n) is 4.13. The summed E-state index contributed by atoms with van der Waals surface area (Å²) in [4.78, 5) is 22.8. The molecule has 2 N–H and O–H groups in total. The molecule has 5 nitrogen and oxygen atoms in total. The summed E-state index contributed by atoms with van der Waals surface area (Å²) in [6.07, 6.45) is 1.11. The Morgan fingerprint density at radius 3 is 2.21 bits per heavy atom. The van der Waals surface area contributed by atoms with Gasteiger partial charge in [0, 0.05) is 13.1 Å². The predicted octanol–water partition coefficient (Wildman–Crippen LogP) is 0.707. The third kappa shape index (κ3) is 1.54. The van der Waals surface area contributed by atoms with Gasteiger partial charge in [-0.1, -0.05) is 0 Å². The number of rotatable bonds is 2. The Morgan fingerprint density at radius 2 is 1.79 bits per heavy atom. The van der Waals surface area contributed by atoms with Gasteiger partial charge in [0.25, 0.3) is 0 Å². The van der Waals surface area contributed by atoms with Crippen LogP contribution in [0, 0.1) is 17.8 Å². The molecule has 1 saturated carbocycles. The van der Waals surface area contributed by atoms with E-state index in [0.717, 1.165) is 12.8 Å². The SMILES string of the molecule is O=C(O)[C@H]1CN(C(=O)O)C[C@@H]1C1CC1. The van der Waals surface area contributed by atoms with Crippen LogP contribution in [0.1, 0.15) is 12.8 Å². The zero-order chi connectivity index (χ0) is 10.3. The first-order valence-corrected chi connectivity index (χ1v) is 4.80. The van der Waals surface area contributed by atoms with Crippen molar-refractivity contribution in [2.45, 2.75) is 12.8 Å². The first-order chi connectivity index (χ1) is 6.59. The molecule has 0 aromatic heterocycles. The van der Waals surface area contributed by atoms with Crippen molar-refractivity contribution in [3.8, 4) is 0 Å². The number of likely N-dealkylation sites (tertiary alicyclic amines) is 1. The van der Waals surface area contributed by atoms with E-state index >= 15 is 0 Å². The molecule has 14 heavy (non-hydrogen) atoms. The number of carboxylic acid groups (broad SMARTS) is 2. The summed E-state index contributed by atoms with van der Waals surface area (Å²) in [5.74, 6) is -0.853. The number of carbonyl (C=O) groups is 2. The number of amides is 1. The van der Waals surface area contributed by atoms with Crippen molar-refractivity contribution in [2.75, 3.05) is 13.1 Å². The molecule has 0 radical (unpaired) electrons. The van der Waals surface area contributed by atoms with Crippen LogP contribution in [0.15, 0.2) is 0 Å². The smallest absolute Gasteiger partial charge is 0.407 e. The molecule has 2 aliphatic rings. The molecule has 0 unspecified atom stereocenters. The normalized spacial score (nSPS) is 31.9. The lowest BCUT2D eigenvalue weighted by Gasteiger charge is -2.11. The topological polar surface area (TPSA) is 77.8 Å². The van der Waals surface area contributed by atoms with Gasteiger partial charge < -0.3 is 15.1 Å². The van der Waals surface area contributed by atoms with Crippen molar-refractivity contribution in [3.05, 3.63) is 0 Å². The van der Waals surface area contributed by atoms with Gasteiger partial charge in [0.1, 0.15) is 0 Å². The summed E-state index contributed by atoms with van der Waals surface area (Å²) in [5.41, 5.74) is 0. The zero-order valence-electron chi connectivity index (χ0n) is 7.72. The van der Waals surface area contributed by atoms with Crippen molar-refractivity contribution in [1.82, 2.24) is 4.90 Å². The Labute approximate surface area is 81.3 Å². The lowest BCUT2D eigenvalue weighted by Crippen LogP contribution is -2.28.